The monoisotopic (exact) mass is 757 g/mol. The van der Waals surface area contributed by atoms with Gasteiger partial charge in [-0.2, -0.15) is 0 Å². The minimum atomic E-state index is -1.11. The van der Waals surface area contributed by atoms with Crippen LogP contribution in [-0.2, 0) is 30.4 Å². The van der Waals surface area contributed by atoms with Crippen LogP contribution in [0.1, 0.15) is 73.2 Å². The van der Waals surface area contributed by atoms with E-state index in [0.29, 0.717) is 42.2 Å². The van der Waals surface area contributed by atoms with E-state index >= 15 is 0 Å². The molecule has 0 bridgehead atoms. The van der Waals surface area contributed by atoms with Gasteiger partial charge in [0, 0.05) is 25.7 Å². The van der Waals surface area contributed by atoms with Crippen molar-refractivity contribution in [2.45, 2.75) is 38.8 Å². The summed E-state index contributed by atoms with van der Waals surface area (Å²) in [5.41, 5.74) is 1.94. The third kappa shape index (κ3) is 8.99. The van der Waals surface area contributed by atoms with Crippen molar-refractivity contribution in [2.75, 3.05) is 64.4 Å². The largest absolute Gasteiger partial charge is 0.493 e. The lowest BCUT2D eigenvalue weighted by atomic mass is 10.1. The number of carbonyl (C=O) groups is 7. The molecule has 2 aliphatic rings. The zero-order chi connectivity index (χ0) is 39.5. The molecule has 16 nitrogen and oxygen atoms in total. The molecule has 5 rings (SSSR count). The quantitative estimate of drug-likeness (QED) is 0.0817. The molecule has 1 atom stereocenters. The molecule has 290 valence electrons. The van der Waals surface area contributed by atoms with Crippen LogP contribution in [0.2, 0.25) is 0 Å². The predicted molar refractivity (Wildman–Crippen MR) is 198 cm³/mol. The van der Waals surface area contributed by atoms with E-state index in [2.05, 4.69) is 16.0 Å². The molecular formula is C39H43N5O11. The molecule has 0 aromatic heterocycles. The van der Waals surface area contributed by atoms with Gasteiger partial charge in [-0.05, 0) is 55.3 Å². The highest BCUT2D eigenvalue weighted by Gasteiger charge is 2.43. The first kappa shape index (κ1) is 40.1. The van der Waals surface area contributed by atoms with Gasteiger partial charge in [0.05, 0.1) is 81.1 Å². The Morgan fingerprint density at radius 2 is 1.51 bits per heavy atom. The number of amides is 6. The first-order chi connectivity index (χ1) is 26.6. The van der Waals surface area contributed by atoms with Crippen LogP contribution in [0.5, 0.6) is 11.5 Å². The Balaban J connectivity index is 1.04. The van der Waals surface area contributed by atoms with Crippen molar-refractivity contribution in [3.8, 4) is 11.5 Å². The van der Waals surface area contributed by atoms with Gasteiger partial charge in [0.2, 0.25) is 11.8 Å². The molecule has 0 saturated carbocycles. The molecule has 6 amide bonds. The molecule has 0 spiro atoms. The fourth-order valence-electron chi connectivity index (χ4n) is 6.31. The molecule has 16 heteroatoms. The second kappa shape index (κ2) is 18.8. The fraction of sp³-hybridized carbons (Fsp3) is 0.359. The summed E-state index contributed by atoms with van der Waals surface area (Å²) in [7, 11) is 2.92. The Bertz CT molecular complexity index is 1970. The number of hydrogen-bond acceptors (Lipinski definition) is 12. The van der Waals surface area contributed by atoms with Crippen molar-refractivity contribution < 1.29 is 52.5 Å². The van der Waals surface area contributed by atoms with Crippen molar-refractivity contribution in [2.24, 2.45) is 0 Å². The van der Waals surface area contributed by atoms with Gasteiger partial charge < -0.3 is 39.7 Å². The number of aldehydes is 1. The first-order valence-electron chi connectivity index (χ1n) is 17.8. The van der Waals surface area contributed by atoms with Crippen molar-refractivity contribution in [1.82, 2.24) is 15.1 Å². The summed E-state index contributed by atoms with van der Waals surface area (Å²) in [5, 5.41) is 8.27. The van der Waals surface area contributed by atoms with Crippen molar-refractivity contribution in [3.63, 3.8) is 0 Å². The van der Waals surface area contributed by atoms with Crippen LogP contribution < -0.4 is 25.4 Å². The summed E-state index contributed by atoms with van der Waals surface area (Å²) in [6.45, 7) is 3.26. The lowest BCUT2D eigenvalue weighted by Gasteiger charge is -2.24. The molecule has 3 aromatic carbocycles. The highest BCUT2D eigenvalue weighted by Crippen LogP contribution is 2.34. The van der Waals surface area contributed by atoms with Gasteiger partial charge in [0.1, 0.15) is 12.3 Å². The molecule has 2 heterocycles. The number of rotatable bonds is 21. The fourth-order valence-corrected chi connectivity index (χ4v) is 6.31. The summed E-state index contributed by atoms with van der Waals surface area (Å²) in [4.78, 5) is 91.3. The van der Waals surface area contributed by atoms with Crippen molar-refractivity contribution in [3.05, 3.63) is 82.4 Å². The average Bonchev–Trinajstić information content (AvgIpc) is 3.58. The molecule has 1 unspecified atom stereocenters. The van der Waals surface area contributed by atoms with E-state index in [1.54, 1.807) is 48.5 Å². The van der Waals surface area contributed by atoms with E-state index < -0.39 is 41.5 Å². The number of imide groups is 2. The molecule has 0 aliphatic carbocycles. The van der Waals surface area contributed by atoms with Crippen LogP contribution in [0.3, 0.4) is 0 Å². The second-order valence-electron chi connectivity index (χ2n) is 12.4. The van der Waals surface area contributed by atoms with E-state index in [-0.39, 0.29) is 80.2 Å². The standard InChI is InChI=1S/C39H43N5O11/c1-4-55-31-22-24(13-14-30(31)52-3)23-43-36(48)25-8-6-11-28(34(25)38(43)50)42-32(46)15-18-53-20-21-54-19-16-41-27-10-5-9-26-33(27)39(51)44(37(26)49)29(12-7-17-45)35(47)40-2/h5-6,8-11,13-14,17,22,29,41H,4,7,12,15-16,18-21,23H2,1-3H3,(H,40,47)(H,42,46). The highest BCUT2D eigenvalue weighted by molar-refractivity contribution is 6.25. The number of benzene rings is 3. The molecule has 3 N–H and O–H groups in total. The van der Waals surface area contributed by atoms with E-state index in [4.69, 9.17) is 18.9 Å². The zero-order valence-electron chi connectivity index (χ0n) is 30.8. The normalized spacial score (nSPS) is 13.7. The van der Waals surface area contributed by atoms with E-state index in [0.717, 1.165) is 9.80 Å². The van der Waals surface area contributed by atoms with Crippen LogP contribution in [0.4, 0.5) is 11.4 Å². The number of fused-ring (bicyclic) bond motifs is 2. The summed E-state index contributed by atoms with van der Waals surface area (Å²) >= 11 is 0. The number of nitrogens with zero attached hydrogens (tertiary/aromatic N) is 2. The summed E-state index contributed by atoms with van der Waals surface area (Å²) < 4.78 is 22.1. The number of ether oxygens (including phenoxy) is 4. The topological polar surface area (TPSA) is 199 Å². The van der Waals surface area contributed by atoms with Gasteiger partial charge in [0.25, 0.3) is 23.6 Å². The zero-order valence-corrected chi connectivity index (χ0v) is 30.8. The number of anilines is 2. The van der Waals surface area contributed by atoms with Gasteiger partial charge in [0.15, 0.2) is 11.5 Å². The maximum atomic E-state index is 13.4. The highest BCUT2D eigenvalue weighted by atomic mass is 16.5. The summed E-state index contributed by atoms with van der Waals surface area (Å²) in [6, 6.07) is 13.6. The average molecular weight is 758 g/mol. The summed E-state index contributed by atoms with van der Waals surface area (Å²) in [5.74, 6) is -2.13. The van der Waals surface area contributed by atoms with Crippen LogP contribution in [-0.4, -0.2) is 111 Å². The summed E-state index contributed by atoms with van der Waals surface area (Å²) in [6.07, 6.45) is 0.641. The molecule has 3 aromatic rings. The van der Waals surface area contributed by atoms with Gasteiger partial charge in [-0.3, -0.25) is 38.6 Å². The number of carbonyl (C=O) groups excluding carboxylic acids is 7. The Hall–Kier alpha value is -6.13. The van der Waals surface area contributed by atoms with Gasteiger partial charge in [-0.15, -0.1) is 0 Å². The molecule has 0 fully saturated rings. The molecular weight excluding hydrogens is 714 g/mol. The van der Waals surface area contributed by atoms with Crippen LogP contribution in [0.15, 0.2) is 54.6 Å². The van der Waals surface area contributed by atoms with Gasteiger partial charge in [-0.25, -0.2) is 0 Å². The lowest BCUT2D eigenvalue weighted by Crippen LogP contribution is -2.48. The third-order valence-corrected chi connectivity index (χ3v) is 8.91. The number of hydrogen-bond donors (Lipinski definition) is 3. The Morgan fingerprint density at radius 3 is 2.20 bits per heavy atom. The van der Waals surface area contributed by atoms with Crippen molar-refractivity contribution >= 4 is 53.1 Å². The first-order valence-corrected chi connectivity index (χ1v) is 17.8. The van der Waals surface area contributed by atoms with E-state index in [1.165, 1.54) is 20.2 Å². The third-order valence-electron chi connectivity index (χ3n) is 8.91. The van der Waals surface area contributed by atoms with Gasteiger partial charge >= 0.3 is 0 Å². The smallest absolute Gasteiger partial charge is 0.264 e. The van der Waals surface area contributed by atoms with Crippen molar-refractivity contribution in [1.29, 1.82) is 0 Å². The molecule has 0 radical (unpaired) electrons. The predicted octanol–water partition coefficient (Wildman–Crippen LogP) is 3.05. The van der Waals surface area contributed by atoms with Crippen LogP contribution >= 0.6 is 0 Å². The minimum Gasteiger partial charge on any atom is -0.493 e. The van der Waals surface area contributed by atoms with E-state index in [1.807, 2.05) is 6.92 Å². The second-order valence-corrected chi connectivity index (χ2v) is 12.4. The lowest BCUT2D eigenvalue weighted by molar-refractivity contribution is -0.124. The SMILES string of the molecule is CCOc1cc(CN2C(=O)c3cccc(NC(=O)CCOCCOCCNc4cccc5c4C(=O)N(C(CCC=O)C(=O)NC)C5=O)c3C2=O)ccc1OC. The van der Waals surface area contributed by atoms with E-state index in [9.17, 15) is 33.6 Å². The Labute approximate surface area is 317 Å². The maximum absolute atomic E-state index is 13.4. The van der Waals surface area contributed by atoms with Crippen LogP contribution in [0, 0.1) is 0 Å². The van der Waals surface area contributed by atoms with Gasteiger partial charge in [-0.1, -0.05) is 18.2 Å². The molecule has 2 aliphatic heterocycles. The molecule has 55 heavy (non-hydrogen) atoms. The number of nitrogens with one attached hydrogen (secondary N) is 3. The maximum Gasteiger partial charge on any atom is 0.264 e. The van der Waals surface area contributed by atoms with Crippen LogP contribution in [0.25, 0.3) is 0 Å². The molecule has 0 saturated heterocycles. The Kier molecular flexibility index (Phi) is 13.7. The Morgan fingerprint density at radius 1 is 0.818 bits per heavy atom. The minimum absolute atomic E-state index is 0.00838. The number of methoxy groups -OCH3 is 1. The number of likely N-dealkylation sites (N-methyl/N-ethyl adjacent to an activating group) is 1.